The Hall–Kier alpha value is -3.29. The lowest BCUT2D eigenvalue weighted by Crippen LogP contribution is -2.35. The first kappa shape index (κ1) is 19.0. The number of carbonyl (C=O) groups excluding carboxylic acids is 1. The molecule has 2 aromatic rings. The van der Waals surface area contributed by atoms with E-state index in [0.29, 0.717) is 23.0 Å². The van der Waals surface area contributed by atoms with Gasteiger partial charge in [-0.05, 0) is 48.9 Å². The number of fused-ring (bicyclic) bond motifs is 1. The van der Waals surface area contributed by atoms with E-state index >= 15 is 0 Å². The molecule has 0 unspecified atom stereocenters. The normalized spacial score (nSPS) is 16.6. The molecule has 2 aliphatic rings. The van der Waals surface area contributed by atoms with Gasteiger partial charge in [0, 0.05) is 13.1 Å². The van der Waals surface area contributed by atoms with Crippen LogP contribution in [0.5, 0.6) is 11.5 Å². The summed E-state index contributed by atoms with van der Waals surface area (Å²) >= 11 is 0. The van der Waals surface area contributed by atoms with Crippen LogP contribution < -0.4 is 19.7 Å². The van der Waals surface area contributed by atoms with Crippen LogP contribution in [0.4, 0.5) is 17.1 Å². The minimum atomic E-state index is -0.391. The third-order valence-corrected chi connectivity index (χ3v) is 5.52. The second-order valence-electron chi connectivity index (χ2n) is 7.42. The van der Waals surface area contributed by atoms with Crippen LogP contribution in [0.3, 0.4) is 0 Å². The van der Waals surface area contributed by atoms with Crippen LogP contribution in [0.2, 0.25) is 0 Å². The van der Waals surface area contributed by atoms with Crippen molar-refractivity contribution in [3.63, 3.8) is 0 Å². The number of nitro benzene ring substituents is 1. The van der Waals surface area contributed by atoms with E-state index < -0.39 is 4.92 Å². The van der Waals surface area contributed by atoms with Gasteiger partial charge >= 0.3 is 0 Å². The smallest absolute Gasteiger partial charge is 0.296 e. The molecule has 4 rings (SSSR count). The van der Waals surface area contributed by atoms with Gasteiger partial charge in [-0.15, -0.1) is 0 Å². The molecule has 29 heavy (non-hydrogen) atoms. The third-order valence-electron chi connectivity index (χ3n) is 5.52. The maximum absolute atomic E-state index is 11.6. The molecule has 2 aliphatic heterocycles. The fourth-order valence-corrected chi connectivity index (χ4v) is 4.01. The number of rotatable bonds is 5. The first-order valence-electron chi connectivity index (χ1n) is 9.66. The topological polar surface area (TPSA) is 93.9 Å². The number of benzene rings is 2. The lowest BCUT2D eigenvalue weighted by atomic mass is 9.90. The number of hydrogen-bond donors (Lipinski definition) is 1. The van der Waals surface area contributed by atoms with Gasteiger partial charge in [0.05, 0.1) is 23.8 Å². The number of hydrogen-bond acceptors (Lipinski definition) is 6. The summed E-state index contributed by atoms with van der Waals surface area (Å²) in [5, 5.41) is 14.3. The number of methoxy groups -OCH3 is 1. The standard InChI is InChI=1S/C21H23N3O5/c1-28-16-4-2-3-15(10-16)9-14-5-7-23(8-6-14)18-11-17-20(12-19(18)24(26)27)29-13-21(25)22-17/h2-4,10-12,14H,5-9,13H2,1H3,(H,22,25). The highest BCUT2D eigenvalue weighted by atomic mass is 16.6. The van der Waals surface area contributed by atoms with Gasteiger partial charge in [-0.25, -0.2) is 0 Å². The van der Waals surface area contributed by atoms with Crippen molar-refractivity contribution in [1.82, 2.24) is 0 Å². The lowest BCUT2D eigenvalue weighted by molar-refractivity contribution is -0.384. The Balaban J connectivity index is 1.48. The second-order valence-corrected chi connectivity index (χ2v) is 7.42. The van der Waals surface area contributed by atoms with E-state index in [0.717, 1.165) is 38.1 Å². The maximum Gasteiger partial charge on any atom is 0.296 e. The Morgan fingerprint density at radius 1 is 1.28 bits per heavy atom. The largest absolute Gasteiger partial charge is 0.497 e. The van der Waals surface area contributed by atoms with E-state index in [1.165, 1.54) is 11.6 Å². The van der Waals surface area contributed by atoms with Crippen molar-refractivity contribution in [3.8, 4) is 11.5 Å². The number of nitrogens with one attached hydrogen (secondary N) is 1. The van der Waals surface area contributed by atoms with E-state index in [-0.39, 0.29) is 18.2 Å². The van der Waals surface area contributed by atoms with Gasteiger partial charge in [0.2, 0.25) is 0 Å². The number of ether oxygens (including phenoxy) is 2. The maximum atomic E-state index is 11.6. The third kappa shape index (κ3) is 4.11. The van der Waals surface area contributed by atoms with Gasteiger partial charge in [0.1, 0.15) is 11.4 Å². The highest BCUT2D eigenvalue weighted by molar-refractivity contribution is 5.97. The molecule has 0 bridgehead atoms. The average Bonchev–Trinajstić information content (AvgIpc) is 2.73. The van der Waals surface area contributed by atoms with Crippen molar-refractivity contribution in [2.24, 2.45) is 5.92 Å². The summed E-state index contributed by atoms with van der Waals surface area (Å²) in [4.78, 5) is 24.8. The van der Waals surface area contributed by atoms with E-state index in [4.69, 9.17) is 9.47 Å². The minimum absolute atomic E-state index is 0.00569. The zero-order chi connectivity index (χ0) is 20.4. The molecular formula is C21H23N3O5. The molecule has 8 heteroatoms. The fourth-order valence-electron chi connectivity index (χ4n) is 4.01. The Morgan fingerprint density at radius 2 is 2.07 bits per heavy atom. The summed E-state index contributed by atoms with van der Waals surface area (Å²) in [5.74, 6) is 1.45. The molecule has 0 aromatic heterocycles. The quantitative estimate of drug-likeness (QED) is 0.614. The van der Waals surface area contributed by atoms with E-state index in [9.17, 15) is 14.9 Å². The number of nitro groups is 1. The number of nitrogens with zero attached hydrogens (tertiary/aromatic N) is 2. The predicted octanol–water partition coefficient (Wildman–Crippen LogP) is 3.39. The summed E-state index contributed by atoms with van der Waals surface area (Å²) in [6.07, 6.45) is 2.84. The average molecular weight is 397 g/mol. The number of anilines is 2. The van der Waals surface area contributed by atoms with Gasteiger partial charge in [-0.2, -0.15) is 0 Å². The first-order valence-corrected chi connectivity index (χ1v) is 9.66. The molecule has 1 fully saturated rings. The molecule has 0 saturated carbocycles. The molecule has 1 amide bonds. The number of amides is 1. The van der Waals surface area contributed by atoms with Gasteiger partial charge in [0.15, 0.2) is 12.4 Å². The molecule has 1 N–H and O–H groups in total. The predicted molar refractivity (Wildman–Crippen MR) is 109 cm³/mol. The van der Waals surface area contributed by atoms with E-state index in [1.807, 2.05) is 17.0 Å². The zero-order valence-electron chi connectivity index (χ0n) is 16.2. The van der Waals surface area contributed by atoms with Crippen LogP contribution in [-0.4, -0.2) is 37.6 Å². The lowest BCUT2D eigenvalue weighted by Gasteiger charge is -2.34. The second kappa shape index (κ2) is 7.98. The monoisotopic (exact) mass is 397 g/mol. The summed E-state index contributed by atoms with van der Waals surface area (Å²) < 4.78 is 10.6. The number of carbonyl (C=O) groups is 1. The molecule has 0 radical (unpaired) electrons. The van der Waals surface area contributed by atoms with Gasteiger partial charge in [0.25, 0.3) is 11.6 Å². The summed E-state index contributed by atoms with van der Waals surface area (Å²) in [5.41, 5.74) is 2.26. The molecule has 0 aliphatic carbocycles. The molecule has 2 heterocycles. The highest BCUT2D eigenvalue weighted by Gasteiger charge is 2.29. The molecule has 1 saturated heterocycles. The zero-order valence-corrected chi connectivity index (χ0v) is 16.2. The Labute approximate surface area is 168 Å². The SMILES string of the molecule is COc1cccc(CC2CCN(c3cc4c(cc3[N+](=O)[O-])OCC(=O)N4)CC2)c1. The van der Waals surface area contributed by atoms with Crippen molar-refractivity contribution in [3.05, 3.63) is 52.1 Å². The molecule has 152 valence electrons. The van der Waals surface area contributed by atoms with Crippen molar-refractivity contribution >= 4 is 23.0 Å². The first-order chi connectivity index (χ1) is 14.0. The van der Waals surface area contributed by atoms with Crippen molar-refractivity contribution in [2.75, 3.05) is 37.0 Å². The van der Waals surface area contributed by atoms with Gasteiger partial charge < -0.3 is 19.7 Å². The molecular weight excluding hydrogens is 374 g/mol. The molecule has 2 aromatic carbocycles. The van der Waals surface area contributed by atoms with Crippen LogP contribution in [0.1, 0.15) is 18.4 Å². The van der Waals surface area contributed by atoms with Crippen LogP contribution in [0, 0.1) is 16.0 Å². The van der Waals surface area contributed by atoms with Crippen molar-refractivity contribution in [2.45, 2.75) is 19.3 Å². The summed E-state index contributed by atoms with van der Waals surface area (Å²) in [6, 6.07) is 11.2. The Bertz CT molecular complexity index is 938. The van der Waals surface area contributed by atoms with Gasteiger partial charge in [-0.1, -0.05) is 12.1 Å². The van der Waals surface area contributed by atoms with Crippen LogP contribution in [0.25, 0.3) is 0 Å². The minimum Gasteiger partial charge on any atom is -0.497 e. The van der Waals surface area contributed by atoms with Crippen molar-refractivity contribution in [1.29, 1.82) is 0 Å². The molecule has 0 atom stereocenters. The van der Waals surface area contributed by atoms with E-state index in [2.05, 4.69) is 17.4 Å². The Morgan fingerprint density at radius 3 is 2.79 bits per heavy atom. The van der Waals surface area contributed by atoms with E-state index in [1.54, 1.807) is 13.2 Å². The van der Waals surface area contributed by atoms with Crippen LogP contribution in [-0.2, 0) is 11.2 Å². The fraction of sp³-hybridized carbons (Fsp3) is 0.381. The molecule has 8 nitrogen and oxygen atoms in total. The molecule has 0 spiro atoms. The van der Waals surface area contributed by atoms with Gasteiger partial charge in [-0.3, -0.25) is 14.9 Å². The summed E-state index contributed by atoms with van der Waals surface area (Å²) in [7, 11) is 1.66. The number of piperidine rings is 1. The Kier molecular flexibility index (Phi) is 5.24. The highest BCUT2D eigenvalue weighted by Crippen LogP contribution is 2.41. The van der Waals surface area contributed by atoms with Crippen molar-refractivity contribution < 1.29 is 19.2 Å². The van der Waals surface area contributed by atoms with Crippen LogP contribution >= 0.6 is 0 Å². The summed E-state index contributed by atoms with van der Waals surface area (Å²) in [6.45, 7) is 1.32. The van der Waals surface area contributed by atoms with Crippen LogP contribution in [0.15, 0.2) is 36.4 Å².